The fraction of sp³-hybridized carbons (Fsp3) is 0.333. The van der Waals surface area contributed by atoms with Crippen LogP contribution in [0.1, 0.15) is 12.8 Å². The van der Waals surface area contributed by atoms with E-state index in [4.69, 9.17) is 0 Å². The van der Waals surface area contributed by atoms with E-state index in [2.05, 4.69) is 40.8 Å². The van der Waals surface area contributed by atoms with E-state index in [0.29, 0.717) is 0 Å². The molecule has 0 radical (unpaired) electrons. The minimum Gasteiger partial charge on any atom is -0.0842 e. The molecule has 0 spiro atoms. The third-order valence-electron chi connectivity index (χ3n) is 0.963. The van der Waals surface area contributed by atoms with Gasteiger partial charge in [0.1, 0.15) is 0 Å². The maximum atomic E-state index is 2.37. The SMILES string of the molecule is IC1=CC=CCC1. The molecule has 1 aliphatic carbocycles. The number of hydrogen-bond acceptors (Lipinski definition) is 0. The lowest BCUT2D eigenvalue weighted by atomic mass is 10.2. The number of rotatable bonds is 0. The van der Waals surface area contributed by atoms with E-state index in [1.807, 2.05) is 0 Å². The Hall–Kier alpha value is 0.210. The van der Waals surface area contributed by atoms with Crippen LogP contribution in [0.3, 0.4) is 0 Å². The molecule has 0 saturated heterocycles. The van der Waals surface area contributed by atoms with Gasteiger partial charge < -0.3 is 0 Å². The van der Waals surface area contributed by atoms with Crippen molar-refractivity contribution >= 4 is 22.6 Å². The van der Waals surface area contributed by atoms with Crippen LogP contribution >= 0.6 is 22.6 Å². The summed E-state index contributed by atoms with van der Waals surface area (Å²) < 4.78 is 1.47. The van der Waals surface area contributed by atoms with Gasteiger partial charge in [-0.3, -0.25) is 0 Å². The fourth-order valence-corrected chi connectivity index (χ4v) is 1.09. The van der Waals surface area contributed by atoms with E-state index in [1.165, 1.54) is 16.4 Å². The number of hydrogen-bond donors (Lipinski definition) is 0. The average molecular weight is 206 g/mol. The molecule has 0 aromatic heterocycles. The molecule has 0 amide bonds. The van der Waals surface area contributed by atoms with Gasteiger partial charge in [0, 0.05) is 0 Å². The Kier molecular flexibility index (Phi) is 1.91. The zero-order chi connectivity index (χ0) is 5.11. The van der Waals surface area contributed by atoms with Crippen LogP contribution in [0.15, 0.2) is 21.8 Å². The maximum absolute atomic E-state index is 2.37. The molecule has 0 aliphatic heterocycles. The summed E-state index contributed by atoms with van der Waals surface area (Å²) in [6.07, 6.45) is 8.95. The first kappa shape index (κ1) is 5.35. The second-order valence-corrected chi connectivity index (χ2v) is 2.97. The molecule has 0 heterocycles. The molecule has 1 aliphatic rings. The maximum Gasteiger partial charge on any atom is -0.00911 e. The molecule has 1 rings (SSSR count). The molecule has 0 N–H and O–H groups in total. The van der Waals surface area contributed by atoms with Crippen LogP contribution in [0, 0.1) is 0 Å². The second kappa shape index (κ2) is 2.50. The standard InChI is InChI=1S/C6H7I/c7-6-4-2-1-3-5-6/h1-2,4H,3,5H2. The molecule has 0 saturated carbocycles. The van der Waals surface area contributed by atoms with Gasteiger partial charge in [-0.15, -0.1) is 0 Å². The van der Waals surface area contributed by atoms with Gasteiger partial charge in [-0.05, 0) is 39.0 Å². The third-order valence-corrected chi connectivity index (χ3v) is 1.86. The average Bonchev–Trinajstić information content (AvgIpc) is 1.69. The molecular formula is C6H7I. The van der Waals surface area contributed by atoms with Gasteiger partial charge in [-0.2, -0.15) is 0 Å². The molecule has 38 valence electrons. The van der Waals surface area contributed by atoms with Crippen LogP contribution in [-0.4, -0.2) is 0 Å². The molecular weight excluding hydrogens is 199 g/mol. The smallest absolute Gasteiger partial charge is 0.00911 e. The predicted molar refractivity (Wildman–Crippen MR) is 40.5 cm³/mol. The molecule has 0 nitrogen and oxygen atoms in total. The van der Waals surface area contributed by atoms with Crippen molar-refractivity contribution in [1.29, 1.82) is 0 Å². The lowest BCUT2D eigenvalue weighted by Crippen LogP contribution is -1.74. The predicted octanol–water partition coefficient (Wildman–Crippen LogP) is 2.66. The Morgan fingerprint density at radius 1 is 1.57 bits per heavy atom. The van der Waals surface area contributed by atoms with Gasteiger partial charge >= 0.3 is 0 Å². The Morgan fingerprint density at radius 3 is 2.71 bits per heavy atom. The van der Waals surface area contributed by atoms with Gasteiger partial charge in [0.15, 0.2) is 0 Å². The van der Waals surface area contributed by atoms with Gasteiger partial charge in [0.25, 0.3) is 0 Å². The lowest BCUT2D eigenvalue weighted by Gasteiger charge is -1.96. The Labute approximate surface area is 57.4 Å². The highest BCUT2D eigenvalue weighted by Crippen LogP contribution is 2.17. The summed E-state index contributed by atoms with van der Waals surface area (Å²) >= 11 is 2.37. The summed E-state index contributed by atoms with van der Waals surface area (Å²) in [6.45, 7) is 0. The highest BCUT2D eigenvalue weighted by atomic mass is 127. The summed E-state index contributed by atoms with van der Waals surface area (Å²) in [7, 11) is 0. The molecule has 0 aromatic carbocycles. The molecule has 0 fully saturated rings. The third kappa shape index (κ3) is 1.63. The van der Waals surface area contributed by atoms with Crippen molar-refractivity contribution in [2.24, 2.45) is 0 Å². The van der Waals surface area contributed by atoms with E-state index < -0.39 is 0 Å². The zero-order valence-electron chi connectivity index (χ0n) is 4.02. The normalized spacial score (nSPS) is 19.3. The van der Waals surface area contributed by atoms with E-state index in [9.17, 15) is 0 Å². The fourth-order valence-electron chi connectivity index (χ4n) is 0.573. The first-order chi connectivity index (χ1) is 3.39. The topological polar surface area (TPSA) is 0 Å². The lowest BCUT2D eigenvalue weighted by molar-refractivity contribution is 1.03. The highest BCUT2D eigenvalue weighted by molar-refractivity contribution is 14.1. The molecule has 0 atom stereocenters. The monoisotopic (exact) mass is 206 g/mol. The van der Waals surface area contributed by atoms with Crippen molar-refractivity contribution in [3.63, 3.8) is 0 Å². The number of allylic oxidation sites excluding steroid dienone is 4. The van der Waals surface area contributed by atoms with Gasteiger partial charge in [0.05, 0.1) is 0 Å². The molecule has 1 heteroatoms. The summed E-state index contributed by atoms with van der Waals surface area (Å²) in [6, 6.07) is 0. The van der Waals surface area contributed by atoms with Crippen LogP contribution < -0.4 is 0 Å². The zero-order valence-corrected chi connectivity index (χ0v) is 6.18. The minimum absolute atomic E-state index is 1.23. The van der Waals surface area contributed by atoms with E-state index in [0.717, 1.165) is 0 Å². The molecule has 0 unspecified atom stereocenters. The van der Waals surface area contributed by atoms with Crippen molar-refractivity contribution in [2.45, 2.75) is 12.8 Å². The largest absolute Gasteiger partial charge is 0.0842 e. The van der Waals surface area contributed by atoms with Gasteiger partial charge in [0.2, 0.25) is 0 Å². The van der Waals surface area contributed by atoms with E-state index in [-0.39, 0.29) is 0 Å². The molecule has 0 bridgehead atoms. The van der Waals surface area contributed by atoms with Crippen LogP contribution in [-0.2, 0) is 0 Å². The van der Waals surface area contributed by atoms with Gasteiger partial charge in [-0.1, -0.05) is 18.2 Å². The van der Waals surface area contributed by atoms with Crippen LogP contribution in [0.2, 0.25) is 0 Å². The van der Waals surface area contributed by atoms with Crippen LogP contribution in [0.5, 0.6) is 0 Å². The van der Waals surface area contributed by atoms with E-state index in [1.54, 1.807) is 0 Å². The van der Waals surface area contributed by atoms with Crippen molar-refractivity contribution in [3.8, 4) is 0 Å². The summed E-state index contributed by atoms with van der Waals surface area (Å²) in [4.78, 5) is 0. The summed E-state index contributed by atoms with van der Waals surface area (Å²) in [5.41, 5.74) is 0. The summed E-state index contributed by atoms with van der Waals surface area (Å²) in [5.74, 6) is 0. The first-order valence-corrected chi connectivity index (χ1v) is 3.48. The minimum atomic E-state index is 1.23. The van der Waals surface area contributed by atoms with Crippen LogP contribution in [0.25, 0.3) is 0 Å². The van der Waals surface area contributed by atoms with Gasteiger partial charge in [-0.25, -0.2) is 0 Å². The van der Waals surface area contributed by atoms with Crippen molar-refractivity contribution in [3.05, 3.63) is 21.8 Å². The molecule has 0 aromatic rings. The second-order valence-electron chi connectivity index (χ2n) is 1.58. The van der Waals surface area contributed by atoms with Crippen LogP contribution in [0.4, 0.5) is 0 Å². The Balaban J connectivity index is 2.57. The van der Waals surface area contributed by atoms with Crippen molar-refractivity contribution in [1.82, 2.24) is 0 Å². The van der Waals surface area contributed by atoms with Crippen molar-refractivity contribution in [2.75, 3.05) is 0 Å². The highest BCUT2D eigenvalue weighted by Gasteiger charge is 1.90. The summed E-state index contributed by atoms with van der Waals surface area (Å²) in [5, 5.41) is 0. The first-order valence-electron chi connectivity index (χ1n) is 2.41. The Morgan fingerprint density at radius 2 is 2.43 bits per heavy atom. The van der Waals surface area contributed by atoms with E-state index >= 15 is 0 Å². The number of halogens is 1. The Bertz CT molecular complexity index is 111. The quantitative estimate of drug-likeness (QED) is 0.534. The van der Waals surface area contributed by atoms with Crippen molar-refractivity contribution < 1.29 is 0 Å². The molecule has 7 heavy (non-hydrogen) atoms.